The highest BCUT2D eigenvalue weighted by Crippen LogP contribution is 2.39. The van der Waals surface area contributed by atoms with E-state index >= 15 is 0 Å². The number of aliphatic hydroxyl groups is 1. The second-order valence-electron chi connectivity index (χ2n) is 11.9. The Morgan fingerprint density at radius 3 is 1.90 bits per heavy atom. The lowest BCUT2D eigenvalue weighted by atomic mass is 9.93. The molecule has 0 aromatic heterocycles. The van der Waals surface area contributed by atoms with E-state index in [4.69, 9.17) is 13.6 Å². The number of rotatable bonds is 6. The van der Waals surface area contributed by atoms with E-state index in [1.807, 2.05) is 12.1 Å². The number of benzene rings is 1. The first-order valence-electron chi connectivity index (χ1n) is 10.6. The zero-order valence-electron chi connectivity index (χ0n) is 21.1. The molecule has 0 spiro atoms. The molecule has 0 aliphatic carbocycles. The largest absolute Gasteiger partial charge is 0.413 e. The van der Waals surface area contributed by atoms with E-state index in [0.717, 1.165) is 11.1 Å². The van der Waals surface area contributed by atoms with E-state index in [1.165, 1.54) is 0 Å². The van der Waals surface area contributed by atoms with E-state index in [-0.39, 0.29) is 10.1 Å². The van der Waals surface area contributed by atoms with Gasteiger partial charge in [0.1, 0.15) is 9.92 Å². The van der Waals surface area contributed by atoms with Crippen LogP contribution in [0.15, 0.2) is 27.1 Å². The molecule has 0 bridgehead atoms. The molecule has 1 aromatic carbocycles. The summed E-state index contributed by atoms with van der Waals surface area (Å²) in [5, 5.41) is 17.0. The van der Waals surface area contributed by atoms with Gasteiger partial charge in [0.05, 0.1) is 17.1 Å². The van der Waals surface area contributed by atoms with E-state index in [0.29, 0.717) is 11.5 Å². The van der Waals surface area contributed by atoms with Crippen molar-refractivity contribution in [2.75, 3.05) is 0 Å². The van der Waals surface area contributed by atoms with Crippen molar-refractivity contribution in [3.05, 3.63) is 29.3 Å². The van der Waals surface area contributed by atoms with Crippen molar-refractivity contribution in [1.29, 1.82) is 0 Å². The van der Waals surface area contributed by atoms with Gasteiger partial charge in [0.15, 0.2) is 16.6 Å². The maximum Gasteiger partial charge on any atom is 0.195 e. The lowest BCUT2D eigenvalue weighted by Crippen LogP contribution is -2.40. The van der Waals surface area contributed by atoms with Crippen molar-refractivity contribution in [3.63, 3.8) is 0 Å². The van der Waals surface area contributed by atoms with Crippen molar-refractivity contribution in [2.45, 2.75) is 109 Å². The predicted octanol–water partition coefficient (Wildman–Crippen LogP) is 6.14. The second kappa shape index (κ2) is 8.44. The fourth-order valence-electron chi connectivity index (χ4n) is 2.47. The van der Waals surface area contributed by atoms with E-state index < -0.39 is 32.1 Å². The Balaban J connectivity index is 3.53. The third kappa shape index (κ3) is 6.49. The smallest absolute Gasteiger partial charge is 0.195 e. The number of nitrogens with two attached hydrogens (primary N) is 1. The summed E-state index contributed by atoms with van der Waals surface area (Å²) in [5.74, 6) is 0. The molecule has 0 aliphatic heterocycles. The number of hydrogen-bond donors (Lipinski definition) is 2. The summed E-state index contributed by atoms with van der Waals surface area (Å²) in [6, 6.07) is 5.37. The highest BCUT2D eigenvalue weighted by atomic mass is 32.2. The molecule has 3 N–H and O–H groups in total. The Morgan fingerprint density at radius 2 is 1.50 bits per heavy atom. The lowest BCUT2D eigenvalue weighted by molar-refractivity contribution is 0.0760. The third-order valence-electron chi connectivity index (χ3n) is 6.67. The second-order valence-corrected chi connectivity index (χ2v) is 23.7. The van der Waals surface area contributed by atoms with Gasteiger partial charge in [-0.25, -0.2) is 9.35 Å². The summed E-state index contributed by atoms with van der Waals surface area (Å²) in [7, 11) is -7.27. The van der Waals surface area contributed by atoms with Gasteiger partial charge in [-0.1, -0.05) is 47.6 Å². The van der Waals surface area contributed by atoms with Crippen LogP contribution in [-0.4, -0.2) is 25.9 Å². The predicted molar refractivity (Wildman–Crippen MR) is 134 cm³/mol. The summed E-state index contributed by atoms with van der Waals surface area (Å²) in [5.41, 5.74) is 0.525. The van der Waals surface area contributed by atoms with Crippen LogP contribution in [0.25, 0.3) is 0 Å². The van der Waals surface area contributed by atoms with Crippen molar-refractivity contribution < 1.29 is 13.7 Å². The summed E-state index contributed by atoms with van der Waals surface area (Å²) in [4.78, 5) is 0.495. The van der Waals surface area contributed by atoms with Crippen LogP contribution >= 0.6 is 0 Å². The molecular weight excluding hydrogens is 428 g/mol. The first kappa shape index (κ1) is 27.5. The molecule has 0 saturated heterocycles. The van der Waals surface area contributed by atoms with E-state index in [2.05, 4.69) is 67.7 Å². The van der Waals surface area contributed by atoms with Crippen molar-refractivity contribution in [3.8, 4) is 0 Å². The van der Waals surface area contributed by atoms with Gasteiger partial charge in [-0.2, -0.15) is 0 Å². The standard InChI is InChI=1S/C22H44N2O3SSi2/c1-20(2,3)29(9,10)24-28(23,26)18-13-14-19(22(7,8)25)17(15-18)16-27-30(11,12)21(4,5)6/h13-15,25H,16H2,1-12H3,(H2,23,24,26). The van der Waals surface area contributed by atoms with Gasteiger partial charge in [-0.3, -0.25) is 4.03 Å². The number of nitrogens with zero attached hydrogens (tertiary/aromatic N) is 1. The van der Waals surface area contributed by atoms with Crippen LogP contribution in [0.4, 0.5) is 0 Å². The topological polar surface area (TPSA) is 84.9 Å². The SMILES string of the molecule is CC(C)(O)c1ccc(S(N)(=O)=N[Si](C)(C)C(C)(C)C)cc1CO[Si](C)(C)C(C)(C)C. The van der Waals surface area contributed by atoms with Gasteiger partial charge in [0.2, 0.25) is 0 Å². The molecule has 5 nitrogen and oxygen atoms in total. The average molecular weight is 473 g/mol. The number of hydrogen-bond acceptors (Lipinski definition) is 4. The summed E-state index contributed by atoms with van der Waals surface area (Å²) >= 11 is 0. The average Bonchev–Trinajstić information content (AvgIpc) is 2.48. The Bertz CT molecular complexity index is 883. The fraction of sp³-hybridized carbons (Fsp3) is 0.727. The van der Waals surface area contributed by atoms with Gasteiger partial charge in [-0.15, -0.1) is 0 Å². The Labute approximate surface area is 187 Å². The molecule has 1 atom stereocenters. The molecule has 1 rings (SSSR count). The van der Waals surface area contributed by atoms with Gasteiger partial charge in [-0.05, 0) is 73.4 Å². The van der Waals surface area contributed by atoms with Crippen molar-refractivity contribution in [2.24, 2.45) is 9.17 Å². The van der Waals surface area contributed by atoms with Crippen LogP contribution < -0.4 is 5.14 Å². The normalized spacial score (nSPS) is 16.3. The fourth-order valence-corrected chi connectivity index (χ4v) is 8.22. The Morgan fingerprint density at radius 1 is 1.00 bits per heavy atom. The molecule has 0 radical (unpaired) electrons. The molecule has 0 aliphatic rings. The zero-order chi connectivity index (χ0) is 24.0. The van der Waals surface area contributed by atoms with Crippen LogP contribution in [0.3, 0.4) is 0 Å². The van der Waals surface area contributed by atoms with Crippen molar-refractivity contribution >= 4 is 26.5 Å². The molecular formula is C22H44N2O3SSi2. The first-order valence-corrected chi connectivity index (χ1v) is 18.0. The van der Waals surface area contributed by atoms with E-state index in [1.54, 1.807) is 19.9 Å². The summed E-state index contributed by atoms with van der Waals surface area (Å²) in [6.45, 7) is 25.3. The summed E-state index contributed by atoms with van der Waals surface area (Å²) < 4.78 is 24.6. The quantitative estimate of drug-likeness (QED) is 0.487. The molecule has 0 fully saturated rings. The molecule has 174 valence electrons. The molecule has 30 heavy (non-hydrogen) atoms. The maximum absolute atomic E-state index is 13.5. The maximum atomic E-state index is 13.5. The minimum absolute atomic E-state index is 0.0592. The molecule has 1 unspecified atom stereocenters. The minimum Gasteiger partial charge on any atom is -0.413 e. The summed E-state index contributed by atoms with van der Waals surface area (Å²) in [6.07, 6.45) is 0. The highest BCUT2D eigenvalue weighted by molar-refractivity contribution is 7.92. The zero-order valence-corrected chi connectivity index (χ0v) is 24.0. The van der Waals surface area contributed by atoms with Crippen LogP contribution in [-0.2, 0) is 26.5 Å². The third-order valence-corrected chi connectivity index (χ3v) is 18.7. The van der Waals surface area contributed by atoms with Crippen LogP contribution in [0.1, 0.15) is 66.5 Å². The molecule has 0 saturated carbocycles. The molecule has 0 heterocycles. The highest BCUT2D eigenvalue weighted by Gasteiger charge is 2.38. The molecule has 0 amide bonds. The Kier molecular flexibility index (Phi) is 7.74. The van der Waals surface area contributed by atoms with E-state index in [9.17, 15) is 9.32 Å². The first-order chi connectivity index (χ1) is 13.0. The van der Waals surface area contributed by atoms with Gasteiger partial charge >= 0.3 is 0 Å². The van der Waals surface area contributed by atoms with Gasteiger partial charge in [0, 0.05) is 0 Å². The van der Waals surface area contributed by atoms with Crippen molar-refractivity contribution in [1.82, 2.24) is 0 Å². The monoisotopic (exact) mass is 472 g/mol. The van der Waals surface area contributed by atoms with Gasteiger partial charge < -0.3 is 9.53 Å². The van der Waals surface area contributed by atoms with Crippen LogP contribution in [0, 0.1) is 0 Å². The van der Waals surface area contributed by atoms with Crippen LogP contribution in [0.2, 0.25) is 36.3 Å². The lowest BCUT2D eigenvalue weighted by Gasteiger charge is -2.36. The Hall–Kier alpha value is -0.516. The van der Waals surface area contributed by atoms with Crippen LogP contribution in [0.5, 0.6) is 0 Å². The molecule has 1 aromatic rings. The minimum atomic E-state index is -3.06. The molecule has 8 heteroatoms. The van der Waals surface area contributed by atoms with Gasteiger partial charge in [0.25, 0.3) is 0 Å².